The minimum absolute atomic E-state index is 0.245. The molecule has 0 spiro atoms. The minimum Gasteiger partial charge on any atom is -0.478 e. The van der Waals surface area contributed by atoms with Crippen LogP contribution in [0.1, 0.15) is 39.0 Å². The molecule has 0 fully saturated rings. The third-order valence-corrected chi connectivity index (χ3v) is 5.43. The maximum Gasteiger partial charge on any atom is 0.328 e. The second-order valence-corrected chi connectivity index (χ2v) is 8.59. The lowest BCUT2D eigenvalue weighted by Crippen LogP contribution is -2.26. The Kier molecular flexibility index (Phi) is 10.8. The number of benzene rings is 2. The zero-order valence-electron chi connectivity index (χ0n) is 19.3. The Morgan fingerprint density at radius 3 is 2.32 bits per heavy atom. The number of fused-ring (bicyclic) bond motifs is 1. The third-order valence-electron chi connectivity index (χ3n) is 4.94. The molecule has 0 radical (unpaired) electrons. The van der Waals surface area contributed by atoms with E-state index in [0.29, 0.717) is 12.2 Å². The first-order valence-electron chi connectivity index (χ1n) is 11.0. The van der Waals surface area contributed by atoms with Crippen molar-refractivity contribution in [2.24, 2.45) is 12.8 Å². The maximum atomic E-state index is 9.55. The molecule has 0 amide bonds. The average Bonchev–Trinajstić information content (AvgIpc) is 3.12. The summed E-state index contributed by atoms with van der Waals surface area (Å²) in [7, 11) is 1.97. The number of carboxylic acids is 2. The van der Waals surface area contributed by atoms with Gasteiger partial charge in [-0.05, 0) is 55.3 Å². The first kappa shape index (κ1) is 27.1. The van der Waals surface area contributed by atoms with Gasteiger partial charge in [0.25, 0.3) is 0 Å². The van der Waals surface area contributed by atoms with Gasteiger partial charge in [0.1, 0.15) is 17.7 Å². The standard InChI is InChI=1S/C21H26BrN3O.C4H4O4/c1-3-4-5-6-7-20(23)26-17-11-8-15(9-12-17)21-18-13-10-16(22)14-19(18)25(2)24-21;5-3(6)1-2-4(7)8/h8-14,20H,3-7,23H2,1-2H3;1-2H,(H,5,6)(H,7,8)/b;2-1+. The fourth-order valence-corrected chi connectivity index (χ4v) is 3.63. The number of nitrogens with two attached hydrogens (primary N) is 1. The number of nitrogens with zero attached hydrogens (tertiary/aromatic N) is 2. The van der Waals surface area contributed by atoms with Gasteiger partial charge in [0.05, 0.1) is 5.52 Å². The van der Waals surface area contributed by atoms with Crippen LogP contribution in [0.3, 0.4) is 0 Å². The van der Waals surface area contributed by atoms with E-state index in [1.165, 1.54) is 19.3 Å². The molecule has 34 heavy (non-hydrogen) atoms. The van der Waals surface area contributed by atoms with E-state index in [1.807, 2.05) is 42.1 Å². The largest absolute Gasteiger partial charge is 0.478 e. The fourth-order valence-electron chi connectivity index (χ4n) is 3.28. The van der Waals surface area contributed by atoms with Crippen molar-refractivity contribution in [3.63, 3.8) is 0 Å². The van der Waals surface area contributed by atoms with E-state index in [0.717, 1.165) is 45.2 Å². The highest BCUT2D eigenvalue weighted by atomic mass is 79.9. The number of hydrogen-bond acceptors (Lipinski definition) is 5. The monoisotopic (exact) mass is 531 g/mol. The van der Waals surface area contributed by atoms with Crippen molar-refractivity contribution in [1.29, 1.82) is 0 Å². The van der Waals surface area contributed by atoms with Crippen LogP contribution in [0.5, 0.6) is 5.75 Å². The lowest BCUT2D eigenvalue weighted by Gasteiger charge is -2.14. The summed E-state index contributed by atoms with van der Waals surface area (Å²) >= 11 is 3.52. The highest BCUT2D eigenvalue weighted by Crippen LogP contribution is 2.30. The molecule has 2 aromatic carbocycles. The summed E-state index contributed by atoms with van der Waals surface area (Å²) in [6.45, 7) is 2.21. The molecule has 1 aromatic heterocycles. The third kappa shape index (κ3) is 8.64. The molecule has 0 aliphatic carbocycles. The number of aromatic nitrogens is 2. The zero-order valence-corrected chi connectivity index (χ0v) is 20.9. The second-order valence-electron chi connectivity index (χ2n) is 7.67. The van der Waals surface area contributed by atoms with Crippen molar-refractivity contribution >= 4 is 38.8 Å². The Morgan fingerprint density at radius 2 is 1.74 bits per heavy atom. The molecule has 9 heteroatoms. The summed E-state index contributed by atoms with van der Waals surface area (Å²) in [5, 5.41) is 21.4. The topological polar surface area (TPSA) is 128 Å². The van der Waals surface area contributed by atoms with Gasteiger partial charge in [0.2, 0.25) is 0 Å². The van der Waals surface area contributed by atoms with Crippen LogP contribution < -0.4 is 10.5 Å². The van der Waals surface area contributed by atoms with Gasteiger partial charge in [-0.25, -0.2) is 9.59 Å². The summed E-state index contributed by atoms with van der Waals surface area (Å²) in [5.74, 6) is -1.71. The summed E-state index contributed by atoms with van der Waals surface area (Å²) < 4.78 is 8.80. The van der Waals surface area contributed by atoms with Gasteiger partial charge in [-0.2, -0.15) is 5.10 Å². The van der Waals surface area contributed by atoms with E-state index in [1.54, 1.807) is 0 Å². The van der Waals surface area contributed by atoms with Gasteiger partial charge >= 0.3 is 11.9 Å². The Bertz CT molecular complexity index is 1110. The van der Waals surface area contributed by atoms with E-state index >= 15 is 0 Å². The van der Waals surface area contributed by atoms with Crippen molar-refractivity contribution < 1.29 is 24.5 Å². The number of aliphatic carboxylic acids is 2. The molecule has 0 bridgehead atoms. The average molecular weight is 532 g/mol. The number of unbranched alkanes of at least 4 members (excludes halogenated alkanes) is 3. The van der Waals surface area contributed by atoms with E-state index in [9.17, 15) is 9.59 Å². The van der Waals surface area contributed by atoms with Crippen LogP contribution in [0.4, 0.5) is 0 Å². The van der Waals surface area contributed by atoms with Gasteiger partial charge in [0.15, 0.2) is 0 Å². The van der Waals surface area contributed by atoms with Gasteiger partial charge < -0.3 is 14.9 Å². The minimum atomic E-state index is -1.26. The van der Waals surface area contributed by atoms with Crippen molar-refractivity contribution in [3.05, 3.63) is 59.1 Å². The highest BCUT2D eigenvalue weighted by molar-refractivity contribution is 9.10. The molecule has 3 rings (SSSR count). The van der Waals surface area contributed by atoms with E-state index < -0.39 is 11.9 Å². The van der Waals surface area contributed by atoms with Gasteiger partial charge in [0, 0.05) is 34.6 Å². The van der Waals surface area contributed by atoms with E-state index in [2.05, 4.69) is 40.1 Å². The summed E-state index contributed by atoms with van der Waals surface area (Å²) in [4.78, 5) is 19.1. The molecule has 3 aromatic rings. The molecule has 0 aliphatic heterocycles. The Morgan fingerprint density at radius 1 is 1.09 bits per heavy atom. The number of hydrogen-bond donors (Lipinski definition) is 3. The lowest BCUT2D eigenvalue weighted by molar-refractivity contribution is -0.134. The van der Waals surface area contributed by atoms with Gasteiger partial charge in [-0.1, -0.05) is 42.1 Å². The molecule has 1 heterocycles. The zero-order chi connectivity index (χ0) is 25.1. The quantitative estimate of drug-likeness (QED) is 0.183. The SMILES string of the molecule is CCCCCCC(N)Oc1ccc(-c2nn(C)c3cc(Br)ccc23)cc1.O=C(O)/C=C/C(=O)O. The van der Waals surface area contributed by atoms with Crippen LogP contribution in [0, 0.1) is 0 Å². The lowest BCUT2D eigenvalue weighted by atomic mass is 10.1. The van der Waals surface area contributed by atoms with Crippen LogP contribution in [0.2, 0.25) is 0 Å². The molecular weight excluding hydrogens is 502 g/mol. The highest BCUT2D eigenvalue weighted by Gasteiger charge is 2.11. The molecule has 0 saturated heterocycles. The molecule has 182 valence electrons. The number of carboxylic acid groups (broad SMARTS) is 2. The van der Waals surface area contributed by atoms with Crippen LogP contribution in [0.15, 0.2) is 59.1 Å². The predicted octanol–water partition coefficient (Wildman–Crippen LogP) is 5.35. The molecule has 0 aliphatic rings. The number of rotatable bonds is 10. The van der Waals surface area contributed by atoms with Crippen LogP contribution in [-0.4, -0.2) is 38.2 Å². The summed E-state index contributed by atoms with van der Waals surface area (Å²) in [5.41, 5.74) is 9.24. The van der Waals surface area contributed by atoms with E-state index in [4.69, 9.17) is 20.7 Å². The van der Waals surface area contributed by atoms with Crippen LogP contribution >= 0.6 is 15.9 Å². The molecule has 1 unspecified atom stereocenters. The molecular formula is C25H30BrN3O5. The maximum absolute atomic E-state index is 9.55. The summed E-state index contributed by atoms with van der Waals surface area (Å²) in [6.07, 6.45) is 6.59. The summed E-state index contributed by atoms with van der Waals surface area (Å²) in [6, 6.07) is 14.3. The number of carbonyl (C=O) groups is 2. The van der Waals surface area contributed by atoms with Crippen molar-refractivity contribution in [2.45, 2.75) is 45.3 Å². The predicted molar refractivity (Wildman–Crippen MR) is 136 cm³/mol. The van der Waals surface area contributed by atoms with Crippen molar-refractivity contribution in [3.8, 4) is 17.0 Å². The molecule has 8 nitrogen and oxygen atoms in total. The first-order valence-corrected chi connectivity index (χ1v) is 11.8. The van der Waals surface area contributed by atoms with Crippen LogP contribution in [-0.2, 0) is 16.6 Å². The molecule has 1 atom stereocenters. The Balaban J connectivity index is 0.000000440. The second kappa shape index (κ2) is 13.5. The Labute approximate surface area is 207 Å². The Hall–Kier alpha value is -3.17. The smallest absolute Gasteiger partial charge is 0.328 e. The van der Waals surface area contributed by atoms with Gasteiger partial charge in [-0.3, -0.25) is 10.4 Å². The van der Waals surface area contributed by atoms with Gasteiger partial charge in [-0.15, -0.1) is 0 Å². The number of halogens is 1. The number of aryl methyl sites for hydroxylation is 1. The van der Waals surface area contributed by atoms with Crippen molar-refractivity contribution in [1.82, 2.24) is 9.78 Å². The normalized spacial score (nSPS) is 11.8. The first-order chi connectivity index (χ1) is 16.2. The fraction of sp³-hybridized carbons (Fsp3) is 0.320. The van der Waals surface area contributed by atoms with Crippen molar-refractivity contribution in [2.75, 3.05) is 0 Å². The molecule has 0 saturated carbocycles. The van der Waals surface area contributed by atoms with Crippen LogP contribution in [0.25, 0.3) is 22.2 Å². The number of ether oxygens (including phenoxy) is 1. The molecule has 4 N–H and O–H groups in total. The van der Waals surface area contributed by atoms with E-state index in [-0.39, 0.29) is 6.23 Å².